The minimum Gasteiger partial charge on any atom is -0.480 e. The maximum absolute atomic E-state index is 11.1. The topological polar surface area (TPSA) is 96.2 Å². The fourth-order valence-corrected chi connectivity index (χ4v) is 1.85. The third-order valence-corrected chi connectivity index (χ3v) is 3.02. The third-order valence-electron chi connectivity index (χ3n) is 3.02. The molecule has 0 amide bonds. The van der Waals surface area contributed by atoms with E-state index >= 15 is 0 Å². The van der Waals surface area contributed by atoms with E-state index in [9.17, 15) is 10.1 Å². The Morgan fingerprint density at radius 3 is 2.76 bits per heavy atom. The maximum atomic E-state index is 11.1. The number of aromatic nitrogens is 2. The smallest absolute Gasteiger partial charge is 0.311 e. The van der Waals surface area contributed by atoms with Crippen LogP contribution in [0.25, 0.3) is 0 Å². The molecule has 0 radical (unpaired) electrons. The van der Waals surface area contributed by atoms with Gasteiger partial charge in [-0.2, -0.15) is 5.10 Å². The summed E-state index contributed by atoms with van der Waals surface area (Å²) in [5.74, 6) is 0.219. The second kappa shape index (κ2) is 6.36. The fourth-order valence-electron chi connectivity index (χ4n) is 1.85. The number of benzene rings is 1. The van der Waals surface area contributed by atoms with E-state index in [1.807, 2.05) is 30.8 Å². The summed E-state index contributed by atoms with van der Waals surface area (Å²) in [6.45, 7) is 4.48. The first kappa shape index (κ1) is 15.0. The molecule has 7 nitrogen and oxygen atoms in total. The molecule has 0 fully saturated rings. The van der Waals surface area contributed by atoms with Crippen molar-refractivity contribution in [1.29, 1.82) is 0 Å². The van der Waals surface area contributed by atoms with E-state index in [1.165, 1.54) is 6.07 Å². The summed E-state index contributed by atoms with van der Waals surface area (Å²) >= 11 is 0. The first-order valence-electron chi connectivity index (χ1n) is 6.65. The van der Waals surface area contributed by atoms with Gasteiger partial charge >= 0.3 is 5.69 Å². The Bertz CT molecular complexity index is 637. The Labute approximate surface area is 122 Å². The molecule has 112 valence electrons. The van der Waals surface area contributed by atoms with Crippen LogP contribution in [0, 0.1) is 10.1 Å². The lowest BCUT2D eigenvalue weighted by molar-refractivity contribution is -0.386. The van der Waals surface area contributed by atoms with Crippen LogP contribution >= 0.6 is 0 Å². The van der Waals surface area contributed by atoms with Gasteiger partial charge in [-0.1, -0.05) is 6.07 Å². The molecule has 0 saturated carbocycles. The maximum Gasteiger partial charge on any atom is 0.311 e. The van der Waals surface area contributed by atoms with Crippen molar-refractivity contribution in [3.63, 3.8) is 0 Å². The summed E-state index contributed by atoms with van der Waals surface area (Å²) in [6.07, 6.45) is 1.86. The highest BCUT2D eigenvalue weighted by molar-refractivity contribution is 5.48. The van der Waals surface area contributed by atoms with Gasteiger partial charge in [-0.15, -0.1) is 0 Å². The van der Waals surface area contributed by atoms with Gasteiger partial charge in [0, 0.05) is 24.8 Å². The van der Waals surface area contributed by atoms with Crippen LogP contribution < -0.4 is 10.5 Å². The molecule has 2 aromatic rings. The van der Waals surface area contributed by atoms with E-state index in [2.05, 4.69) is 5.10 Å². The summed E-state index contributed by atoms with van der Waals surface area (Å²) in [5.41, 5.74) is 6.82. The summed E-state index contributed by atoms with van der Waals surface area (Å²) < 4.78 is 7.33. The van der Waals surface area contributed by atoms with Gasteiger partial charge in [0.25, 0.3) is 0 Å². The Hall–Kier alpha value is -2.41. The molecule has 0 aliphatic heterocycles. The Balaban J connectivity index is 2.13. The van der Waals surface area contributed by atoms with E-state index in [-0.39, 0.29) is 30.6 Å². The van der Waals surface area contributed by atoms with Gasteiger partial charge in [0.2, 0.25) is 0 Å². The highest BCUT2D eigenvalue weighted by Gasteiger charge is 2.16. The normalized spacial score (nSPS) is 10.9. The predicted octanol–water partition coefficient (Wildman–Crippen LogP) is 2.41. The van der Waals surface area contributed by atoms with Crippen molar-refractivity contribution in [3.05, 3.63) is 51.8 Å². The van der Waals surface area contributed by atoms with Crippen LogP contribution in [0.3, 0.4) is 0 Å². The summed E-state index contributed by atoms with van der Waals surface area (Å²) in [7, 11) is 0. The molecule has 2 rings (SSSR count). The number of nitrogens with zero attached hydrogens (tertiary/aromatic N) is 3. The van der Waals surface area contributed by atoms with Crippen LogP contribution in [0.1, 0.15) is 31.1 Å². The van der Waals surface area contributed by atoms with Crippen LogP contribution in [0.5, 0.6) is 5.75 Å². The fraction of sp³-hybridized carbons (Fsp3) is 0.357. The van der Waals surface area contributed by atoms with Crippen molar-refractivity contribution in [2.45, 2.75) is 33.0 Å². The van der Waals surface area contributed by atoms with Crippen LogP contribution in [-0.2, 0) is 13.2 Å². The minimum absolute atomic E-state index is 0.0822. The van der Waals surface area contributed by atoms with Crippen molar-refractivity contribution < 1.29 is 9.66 Å². The van der Waals surface area contributed by atoms with Crippen molar-refractivity contribution in [2.75, 3.05) is 0 Å². The zero-order valence-electron chi connectivity index (χ0n) is 12.0. The van der Waals surface area contributed by atoms with Gasteiger partial charge in [0.1, 0.15) is 6.61 Å². The number of nitrogens with two attached hydrogens (primary N) is 1. The number of rotatable bonds is 6. The molecule has 2 N–H and O–H groups in total. The van der Waals surface area contributed by atoms with E-state index in [4.69, 9.17) is 10.5 Å². The molecule has 1 aromatic heterocycles. The number of hydrogen-bond acceptors (Lipinski definition) is 5. The second-order valence-corrected chi connectivity index (χ2v) is 4.93. The molecule has 0 unspecified atom stereocenters. The van der Waals surface area contributed by atoms with Gasteiger partial charge in [-0.05, 0) is 31.5 Å². The molecule has 0 saturated heterocycles. The Morgan fingerprint density at radius 2 is 2.19 bits per heavy atom. The predicted molar refractivity (Wildman–Crippen MR) is 77.9 cm³/mol. The van der Waals surface area contributed by atoms with E-state index < -0.39 is 4.92 Å². The lowest BCUT2D eigenvalue weighted by Gasteiger charge is -2.07. The SMILES string of the molecule is CC(C)n1ccc(COc2ccc(CN)cc2[N+](=O)[O-])n1. The van der Waals surface area contributed by atoms with Crippen molar-refractivity contribution >= 4 is 5.69 Å². The molecule has 7 heteroatoms. The van der Waals surface area contributed by atoms with Crippen LogP contribution in [0.4, 0.5) is 5.69 Å². The zero-order chi connectivity index (χ0) is 15.4. The Kier molecular flexibility index (Phi) is 4.54. The summed E-state index contributed by atoms with van der Waals surface area (Å²) in [4.78, 5) is 10.6. The molecule has 0 aliphatic carbocycles. The lowest BCUT2D eigenvalue weighted by Crippen LogP contribution is -2.04. The quantitative estimate of drug-likeness (QED) is 0.651. The van der Waals surface area contributed by atoms with Crippen LogP contribution in [-0.4, -0.2) is 14.7 Å². The van der Waals surface area contributed by atoms with Crippen LogP contribution in [0.2, 0.25) is 0 Å². The zero-order valence-corrected chi connectivity index (χ0v) is 12.0. The van der Waals surface area contributed by atoms with E-state index in [0.29, 0.717) is 5.56 Å². The van der Waals surface area contributed by atoms with Gasteiger partial charge < -0.3 is 10.5 Å². The summed E-state index contributed by atoms with van der Waals surface area (Å²) in [5, 5.41) is 15.4. The molecular formula is C14H18N4O3. The van der Waals surface area contributed by atoms with E-state index in [1.54, 1.807) is 12.1 Å². The first-order valence-corrected chi connectivity index (χ1v) is 6.65. The molecule has 0 spiro atoms. The third kappa shape index (κ3) is 3.57. The minimum atomic E-state index is -0.471. The van der Waals surface area contributed by atoms with Gasteiger partial charge in [-0.25, -0.2) is 0 Å². The number of hydrogen-bond donors (Lipinski definition) is 1. The average molecular weight is 290 g/mol. The number of ether oxygens (including phenoxy) is 1. The van der Waals surface area contributed by atoms with Gasteiger partial charge in [-0.3, -0.25) is 14.8 Å². The second-order valence-electron chi connectivity index (χ2n) is 4.93. The Morgan fingerprint density at radius 1 is 1.43 bits per heavy atom. The molecular weight excluding hydrogens is 272 g/mol. The van der Waals surface area contributed by atoms with E-state index in [0.717, 1.165) is 5.69 Å². The monoisotopic (exact) mass is 290 g/mol. The number of nitro groups is 1. The molecule has 21 heavy (non-hydrogen) atoms. The lowest BCUT2D eigenvalue weighted by atomic mass is 10.2. The van der Waals surface area contributed by atoms with Crippen molar-refractivity contribution in [3.8, 4) is 5.75 Å². The highest BCUT2D eigenvalue weighted by atomic mass is 16.6. The standard InChI is InChI=1S/C14H18N4O3/c1-10(2)17-6-5-12(16-17)9-21-14-4-3-11(8-15)7-13(14)18(19)20/h3-7,10H,8-9,15H2,1-2H3. The van der Waals surface area contributed by atoms with Crippen molar-refractivity contribution in [2.24, 2.45) is 5.73 Å². The molecule has 0 aliphatic rings. The molecule has 1 aromatic carbocycles. The summed E-state index contributed by atoms with van der Waals surface area (Å²) in [6, 6.07) is 6.81. The average Bonchev–Trinajstić information content (AvgIpc) is 2.94. The van der Waals surface area contributed by atoms with Crippen LogP contribution in [0.15, 0.2) is 30.5 Å². The molecule has 1 heterocycles. The highest BCUT2D eigenvalue weighted by Crippen LogP contribution is 2.28. The number of nitro benzene ring substituents is 1. The van der Waals surface area contributed by atoms with Gasteiger partial charge in [0.05, 0.1) is 10.6 Å². The molecule has 0 bridgehead atoms. The first-order chi connectivity index (χ1) is 10.0. The van der Waals surface area contributed by atoms with Gasteiger partial charge in [0.15, 0.2) is 5.75 Å². The van der Waals surface area contributed by atoms with Crippen molar-refractivity contribution in [1.82, 2.24) is 9.78 Å². The molecule has 0 atom stereocenters. The largest absolute Gasteiger partial charge is 0.480 e.